The fourth-order valence-corrected chi connectivity index (χ4v) is 8.59. The molecular formula is C37H53FO2. The zero-order valence-electron chi connectivity index (χ0n) is 25.1. The lowest BCUT2D eigenvalue weighted by Gasteiger charge is -2.38. The monoisotopic (exact) mass is 548 g/mol. The third-order valence-corrected chi connectivity index (χ3v) is 11.2. The molecule has 220 valence electrons. The van der Waals surface area contributed by atoms with E-state index < -0.39 is 5.63 Å². The van der Waals surface area contributed by atoms with E-state index in [-0.39, 0.29) is 17.1 Å². The lowest BCUT2D eigenvalue weighted by Crippen LogP contribution is -2.25. The van der Waals surface area contributed by atoms with Crippen molar-refractivity contribution in [2.45, 2.75) is 141 Å². The van der Waals surface area contributed by atoms with Gasteiger partial charge in [-0.05, 0) is 124 Å². The van der Waals surface area contributed by atoms with Crippen LogP contribution in [0.25, 0.3) is 10.8 Å². The molecule has 2 nitrogen and oxygen atoms in total. The summed E-state index contributed by atoms with van der Waals surface area (Å²) in [5.41, 5.74) is 0.262. The third kappa shape index (κ3) is 7.11. The summed E-state index contributed by atoms with van der Waals surface area (Å²) in [6.07, 6.45) is 25.7. The highest BCUT2D eigenvalue weighted by Gasteiger charge is 2.32. The average Bonchev–Trinajstić information content (AvgIpc) is 2.99. The molecule has 5 rings (SSSR count). The van der Waals surface area contributed by atoms with Gasteiger partial charge >= 0.3 is 5.63 Å². The highest BCUT2D eigenvalue weighted by atomic mass is 19.1. The van der Waals surface area contributed by atoms with Gasteiger partial charge in [0.25, 0.3) is 0 Å². The van der Waals surface area contributed by atoms with Crippen molar-refractivity contribution in [1.82, 2.24) is 0 Å². The Morgan fingerprint density at radius 3 is 2.12 bits per heavy atom. The highest BCUT2D eigenvalue weighted by molar-refractivity contribution is 5.83. The lowest BCUT2D eigenvalue weighted by atomic mass is 9.68. The van der Waals surface area contributed by atoms with Crippen molar-refractivity contribution >= 4 is 10.8 Å². The van der Waals surface area contributed by atoms with E-state index >= 15 is 4.39 Å². The number of benzene rings is 1. The summed E-state index contributed by atoms with van der Waals surface area (Å²) in [5, 5.41) is 0.891. The molecule has 3 aliphatic carbocycles. The van der Waals surface area contributed by atoms with Crippen LogP contribution in [-0.2, 0) is 0 Å². The Bertz CT molecular complexity index is 1140. The van der Waals surface area contributed by atoms with E-state index in [0.717, 1.165) is 72.5 Å². The van der Waals surface area contributed by atoms with E-state index in [1.54, 1.807) is 0 Å². The van der Waals surface area contributed by atoms with Crippen LogP contribution < -0.4 is 5.63 Å². The zero-order chi connectivity index (χ0) is 27.9. The summed E-state index contributed by atoms with van der Waals surface area (Å²) >= 11 is 0. The Morgan fingerprint density at radius 2 is 1.45 bits per heavy atom. The minimum atomic E-state index is -0.476. The fraction of sp³-hybridized carbons (Fsp3) is 0.703. The second-order valence-corrected chi connectivity index (χ2v) is 13.7. The topological polar surface area (TPSA) is 30.2 Å². The van der Waals surface area contributed by atoms with Gasteiger partial charge in [-0.25, -0.2) is 9.18 Å². The first kappa shape index (κ1) is 29.6. The highest BCUT2D eigenvalue weighted by Crippen LogP contribution is 2.45. The van der Waals surface area contributed by atoms with Gasteiger partial charge in [-0.1, -0.05) is 70.1 Å². The van der Waals surface area contributed by atoms with Crippen molar-refractivity contribution < 1.29 is 8.81 Å². The summed E-state index contributed by atoms with van der Waals surface area (Å²) in [4.78, 5) is 13.1. The summed E-state index contributed by atoms with van der Waals surface area (Å²) < 4.78 is 21.7. The SMILES string of the molecule is C=CCCC1CCC(C2CCC(c3ccc4cc(C5CCC(CCCCCC)CC5)oc(=O)c4c3F)CC2)CC1. The molecule has 0 N–H and O–H groups in total. The van der Waals surface area contributed by atoms with Crippen molar-refractivity contribution in [2.24, 2.45) is 23.7 Å². The van der Waals surface area contributed by atoms with Crippen LogP contribution >= 0.6 is 0 Å². The van der Waals surface area contributed by atoms with Gasteiger partial charge < -0.3 is 4.42 Å². The number of hydrogen-bond acceptors (Lipinski definition) is 2. The number of unbranched alkanes of at least 4 members (excludes halogenated alkanes) is 3. The minimum absolute atomic E-state index is 0.172. The molecule has 1 aromatic carbocycles. The molecule has 0 bridgehead atoms. The number of allylic oxidation sites excluding steroid dienone is 1. The van der Waals surface area contributed by atoms with Gasteiger partial charge in [-0.2, -0.15) is 0 Å². The third-order valence-electron chi connectivity index (χ3n) is 11.2. The molecule has 1 heterocycles. The maximum atomic E-state index is 15.8. The molecule has 0 spiro atoms. The summed E-state index contributed by atoms with van der Waals surface area (Å²) in [6, 6.07) is 5.94. The summed E-state index contributed by atoms with van der Waals surface area (Å²) in [6.45, 7) is 6.14. The Kier molecular flexibility index (Phi) is 10.6. The van der Waals surface area contributed by atoms with Gasteiger partial charge in [0, 0.05) is 5.92 Å². The van der Waals surface area contributed by atoms with Crippen molar-refractivity contribution in [3.8, 4) is 0 Å². The van der Waals surface area contributed by atoms with E-state index in [1.807, 2.05) is 18.2 Å². The van der Waals surface area contributed by atoms with Crippen molar-refractivity contribution in [3.05, 3.63) is 58.4 Å². The first-order valence-electron chi connectivity index (χ1n) is 16.9. The van der Waals surface area contributed by atoms with E-state index in [9.17, 15) is 4.79 Å². The van der Waals surface area contributed by atoms with Gasteiger partial charge in [0.05, 0.1) is 0 Å². The first-order chi connectivity index (χ1) is 19.6. The lowest BCUT2D eigenvalue weighted by molar-refractivity contribution is 0.156. The Labute approximate surface area is 242 Å². The van der Waals surface area contributed by atoms with Crippen LogP contribution in [0.5, 0.6) is 0 Å². The Balaban J connectivity index is 1.17. The van der Waals surface area contributed by atoms with Gasteiger partial charge in [0.1, 0.15) is 17.0 Å². The normalized spacial score (nSPS) is 29.4. The largest absolute Gasteiger partial charge is 0.427 e. The Morgan fingerprint density at radius 1 is 0.825 bits per heavy atom. The van der Waals surface area contributed by atoms with Crippen LogP contribution in [0.1, 0.15) is 152 Å². The zero-order valence-corrected chi connectivity index (χ0v) is 25.1. The van der Waals surface area contributed by atoms with Gasteiger partial charge in [-0.15, -0.1) is 6.58 Å². The predicted molar refractivity (Wildman–Crippen MR) is 165 cm³/mol. The van der Waals surface area contributed by atoms with E-state index in [1.165, 1.54) is 89.9 Å². The maximum absolute atomic E-state index is 15.8. The molecule has 0 saturated heterocycles. The molecule has 2 aromatic rings. The molecule has 0 unspecified atom stereocenters. The van der Waals surface area contributed by atoms with E-state index in [2.05, 4.69) is 19.6 Å². The molecule has 1 aromatic heterocycles. The van der Waals surface area contributed by atoms with Gasteiger partial charge in [0.15, 0.2) is 0 Å². The van der Waals surface area contributed by atoms with Gasteiger partial charge in [0.2, 0.25) is 0 Å². The first-order valence-corrected chi connectivity index (χ1v) is 16.9. The fourth-order valence-electron chi connectivity index (χ4n) is 8.59. The second kappa shape index (κ2) is 14.3. The minimum Gasteiger partial charge on any atom is -0.427 e. The predicted octanol–water partition coefficient (Wildman–Crippen LogP) is 11.2. The van der Waals surface area contributed by atoms with E-state index in [4.69, 9.17) is 4.42 Å². The van der Waals surface area contributed by atoms with Gasteiger partial charge in [-0.3, -0.25) is 0 Å². The molecule has 0 aliphatic heterocycles. The maximum Gasteiger partial charge on any atom is 0.346 e. The molecule has 0 amide bonds. The van der Waals surface area contributed by atoms with Crippen LogP contribution in [0.2, 0.25) is 0 Å². The standard InChI is InChI=1S/C37H53FO2/c1-3-5-7-8-10-27-13-17-31(18-14-27)34-25-32-23-24-33(36(38)35(32)37(39)40-34)30-21-19-29(20-22-30)28-15-11-26(12-16-28)9-6-4-2/h4,23-31H,2-3,5-22H2,1H3. The molecule has 40 heavy (non-hydrogen) atoms. The molecule has 0 radical (unpaired) electrons. The molecule has 3 aliphatic rings. The van der Waals surface area contributed by atoms with Crippen LogP contribution in [0.3, 0.4) is 0 Å². The van der Waals surface area contributed by atoms with Crippen LogP contribution in [0.4, 0.5) is 4.39 Å². The van der Waals surface area contributed by atoms with Crippen molar-refractivity contribution in [2.75, 3.05) is 0 Å². The number of rotatable bonds is 11. The molecule has 3 heteroatoms. The van der Waals surface area contributed by atoms with Crippen molar-refractivity contribution in [1.29, 1.82) is 0 Å². The summed E-state index contributed by atoms with van der Waals surface area (Å²) in [5.74, 6) is 4.31. The Hall–Kier alpha value is -1.90. The quantitative estimate of drug-likeness (QED) is 0.206. The number of halogens is 1. The van der Waals surface area contributed by atoms with Crippen LogP contribution in [0.15, 0.2) is 40.1 Å². The molecule has 3 fully saturated rings. The molecule has 0 atom stereocenters. The summed E-state index contributed by atoms with van der Waals surface area (Å²) in [7, 11) is 0. The van der Waals surface area contributed by atoms with Crippen LogP contribution in [0, 0.1) is 29.5 Å². The average molecular weight is 549 g/mol. The molecular weight excluding hydrogens is 495 g/mol. The van der Waals surface area contributed by atoms with Crippen LogP contribution in [-0.4, -0.2) is 0 Å². The second-order valence-electron chi connectivity index (χ2n) is 13.7. The smallest absolute Gasteiger partial charge is 0.346 e. The number of hydrogen-bond donors (Lipinski definition) is 0. The number of fused-ring (bicyclic) bond motifs is 1. The molecule has 3 saturated carbocycles. The van der Waals surface area contributed by atoms with Crippen molar-refractivity contribution in [3.63, 3.8) is 0 Å². The van der Waals surface area contributed by atoms with E-state index in [0.29, 0.717) is 5.92 Å².